The minimum absolute atomic E-state index is 0.0536. The van der Waals surface area contributed by atoms with E-state index in [4.69, 9.17) is 0 Å². The summed E-state index contributed by atoms with van der Waals surface area (Å²) in [4.78, 5) is 15.6. The van der Waals surface area contributed by atoms with E-state index in [0.717, 1.165) is 5.01 Å². The Labute approximate surface area is 102 Å². The standard InChI is InChI=1S/C12H11FN2OS/c13-10-4-2-1-3-9(10)7-11(16)15-8-12-14-5-6-17-12/h1-6H,7-8H2,(H,15,16). The first kappa shape index (κ1) is 11.7. The molecule has 1 N–H and O–H groups in total. The Kier molecular flexibility index (Phi) is 3.82. The third-order valence-electron chi connectivity index (χ3n) is 2.23. The lowest BCUT2D eigenvalue weighted by atomic mass is 10.1. The van der Waals surface area contributed by atoms with Crippen molar-refractivity contribution < 1.29 is 9.18 Å². The molecule has 1 heterocycles. The molecule has 1 aromatic heterocycles. The number of halogens is 1. The van der Waals surface area contributed by atoms with Crippen molar-refractivity contribution in [2.45, 2.75) is 13.0 Å². The number of benzene rings is 1. The van der Waals surface area contributed by atoms with Crippen LogP contribution in [-0.4, -0.2) is 10.9 Å². The van der Waals surface area contributed by atoms with Gasteiger partial charge < -0.3 is 5.32 Å². The molecule has 2 aromatic rings. The van der Waals surface area contributed by atoms with E-state index in [1.807, 2.05) is 5.38 Å². The zero-order valence-electron chi connectivity index (χ0n) is 9.02. The van der Waals surface area contributed by atoms with Gasteiger partial charge in [-0.1, -0.05) is 18.2 Å². The van der Waals surface area contributed by atoms with Crippen molar-refractivity contribution in [2.75, 3.05) is 0 Å². The zero-order valence-corrected chi connectivity index (χ0v) is 9.84. The summed E-state index contributed by atoms with van der Waals surface area (Å²) in [5.74, 6) is -0.554. The first-order chi connectivity index (χ1) is 8.25. The predicted octanol–water partition coefficient (Wildman–Crippen LogP) is 2.14. The van der Waals surface area contributed by atoms with Gasteiger partial charge in [0.15, 0.2) is 0 Å². The van der Waals surface area contributed by atoms with E-state index >= 15 is 0 Å². The van der Waals surface area contributed by atoms with E-state index in [1.54, 1.807) is 24.4 Å². The lowest BCUT2D eigenvalue weighted by Gasteiger charge is -2.04. The van der Waals surface area contributed by atoms with Crippen LogP contribution >= 0.6 is 11.3 Å². The van der Waals surface area contributed by atoms with Crippen LogP contribution in [0.5, 0.6) is 0 Å². The molecule has 5 heteroatoms. The normalized spacial score (nSPS) is 10.2. The third-order valence-corrected chi connectivity index (χ3v) is 3.01. The molecule has 0 unspecified atom stereocenters. The maximum atomic E-state index is 13.3. The van der Waals surface area contributed by atoms with Crippen molar-refractivity contribution in [2.24, 2.45) is 0 Å². The van der Waals surface area contributed by atoms with Crippen molar-refractivity contribution >= 4 is 17.2 Å². The average Bonchev–Trinajstić information content (AvgIpc) is 2.82. The highest BCUT2D eigenvalue weighted by Crippen LogP contribution is 2.07. The molecule has 0 radical (unpaired) electrons. The van der Waals surface area contributed by atoms with Gasteiger partial charge in [-0.25, -0.2) is 9.37 Å². The summed E-state index contributed by atoms with van der Waals surface area (Å²) >= 11 is 1.47. The Morgan fingerprint density at radius 1 is 1.41 bits per heavy atom. The van der Waals surface area contributed by atoms with Gasteiger partial charge in [0, 0.05) is 11.6 Å². The highest BCUT2D eigenvalue weighted by molar-refractivity contribution is 7.09. The van der Waals surface area contributed by atoms with Crippen molar-refractivity contribution in [1.29, 1.82) is 0 Å². The molecule has 0 atom stereocenters. The smallest absolute Gasteiger partial charge is 0.224 e. The van der Waals surface area contributed by atoms with Gasteiger partial charge in [0.25, 0.3) is 0 Å². The number of amides is 1. The van der Waals surface area contributed by atoms with Crippen LogP contribution in [-0.2, 0) is 17.8 Å². The van der Waals surface area contributed by atoms with Gasteiger partial charge in [-0.2, -0.15) is 0 Å². The van der Waals surface area contributed by atoms with Crippen molar-refractivity contribution in [3.05, 3.63) is 52.2 Å². The van der Waals surface area contributed by atoms with Crippen LogP contribution in [0, 0.1) is 5.82 Å². The molecule has 1 aromatic carbocycles. The van der Waals surface area contributed by atoms with Gasteiger partial charge in [-0.3, -0.25) is 4.79 Å². The Bertz CT molecular complexity index is 499. The minimum Gasteiger partial charge on any atom is -0.349 e. The highest BCUT2D eigenvalue weighted by atomic mass is 32.1. The summed E-state index contributed by atoms with van der Waals surface area (Å²) in [5.41, 5.74) is 0.407. The number of aromatic nitrogens is 1. The second kappa shape index (κ2) is 5.54. The lowest BCUT2D eigenvalue weighted by Crippen LogP contribution is -2.24. The van der Waals surface area contributed by atoms with E-state index in [2.05, 4.69) is 10.3 Å². The van der Waals surface area contributed by atoms with Gasteiger partial charge in [0.05, 0.1) is 13.0 Å². The van der Waals surface area contributed by atoms with Crippen LogP contribution < -0.4 is 5.32 Å². The topological polar surface area (TPSA) is 42.0 Å². The molecule has 1 amide bonds. The molecule has 17 heavy (non-hydrogen) atoms. The molecule has 0 saturated carbocycles. The number of carbonyl (C=O) groups is 1. The highest BCUT2D eigenvalue weighted by Gasteiger charge is 2.07. The summed E-state index contributed by atoms with van der Waals surface area (Å²) in [6, 6.07) is 6.28. The van der Waals surface area contributed by atoms with Gasteiger partial charge >= 0.3 is 0 Å². The Hall–Kier alpha value is -1.75. The second-order valence-corrected chi connectivity index (χ2v) is 4.45. The molecule has 0 fully saturated rings. The summed E-state index contributed by atoms with van der Waals surface area (Å²) in [6.45, 7) is 0.394. The molecule has 3 nitrogen and oxygen atoms in total. The van der Waals surface area contributed by atoms with Crippen LogP contribution in [0.2, 0.25) is 0 Å². The van der Waals surface area contributed by atoms with Gasteiger partial charge in [-0.05, 0) is 11.6 Å². The van der Waals surface area contributed by atoms with Crippen LogP contribution in [0.3, 0.4) is 0 Å². The quantitative estimate of drug-likeness (QED) is 0.903. The SMILES string of the molecule is O=C(Cc1ccccc1F)NCc1nccs1. The summed E-state index contributed by atoms with van der Waals surface area (Å²) in [6.07, 6.45) is 1.74. The van der Waals surface area contributed by atoms with E-state index in [9.17, 15) is 9.18 Å². The summed E-state index contributed by atoms with van der Waals surface area (Å²) in [5, 5.41) is 5.39. The van der Waals surface area contributed by atoms with Crippen LogP contribution in [0.1, 0.15) is 10.6 Å². The average molecular weight is 250 g/mol. The maximum Gasteiger partial charge on any atom is 0.224 e. The minimum atomic E-state index is -0.350. The fraction of sp³-hybridized carbons (Fsp3) is 0.167. The number of thiazole rings is 1. The molecule has 2 rings (SSSR count). The summed E-state index contributed by atoms with van der Waals surface area (Å²) in [7, 11) is 0. The number of nitrogens with one attached hydrogen (secondary N) is 1. The summed E-state index contributed by atoms with van der Waals surface area (Å²) < 4.78 is 13.3. The third kappa shape index (κ3) is 3.35. The van der Waals surface area contributed by atoms with Gasteiger partial charge in [0.2, 0.25) is 5.91 Å². The van der Waals surface area contributed by atoms with Crippen LogP contribution in [0.15, 0.2) is 35.8 Å². The zero-order chi connectivity index (χ0) is 12.1. The Morgan fingerprint density at radius 3 is 2.94 bits per heavy atom. The van der Waals surface area contributed by atoms with Crippen molar-refractivity contribution in [3.8, 4) is 0 Å². The monoisotopic (exact) mass is 250 g/mol. The number of nitrogens with zero attached hydrogens (tertiary/aromatic N) is 1. The molecular weight excluding hydrogens is 239 g/mol. The fourth-order valence-electron chi connectivity index (χ4n) is 1.39. The largest absolute Gasteiger partial charge is 0.349 e. The molecule has 0 aliphatic carbocycles. The van der Waals surface area contributed by atoms with Crippen LogP contribution in [0.25, 0.3) is 0 Å². The maximum absolute atomic E-state index is 13.3. The van der Waals surface area contributed by atoms with E-state index in [0.29, 0.717) is 12.1 Å². The Balaban J connectivity index is 1.87. The van der Waals surface area contributed by atoms with E-state index in [1.165, 1.54) is 17.4 Å². The first-order valence-electron chi connectivity index (χ1n) is 5.14. The number of rotatable bonds is 4. The molecule has 0 saturated heterocycles. The molecule has 88 valence electrons. The molecule has 0 aliphatic heterocycles. The molecule has 0 spiro atoms. The van der Waals surface area contributed by atoms with Gasteiger partial charge in [0.1, 0.15) is 10.8 Å². The van der Waals surface area contributed by atoms with Gasteiger partial charge in [-0.15, -0.1) is 11.3 Å². The van der Waals surface area contributed by atoms with Crippen LogP contribution in [0.4, 0.5) is 4.39 Å². The van der Waals surface area contributed by atoms with Crippen molar-refractivity contribution in [3.63, 3.8) is 0 Å². The number of hydrogen-bond acceptors (Lipinski definition) is 3. The molecule has 0 bridgehead atoms. The molecular formula is C12H11FN2OS. The predicted molar refractivity (Wildman–Crippen MR) is 64.1 cm³/mol. The van der Waals surface area contributed by atoms with E-state index in [-0.39, 0.29) is 18.1 Å². The van der Waals surface area contributed by atoms with E-state index < -0.39 is 0 Å². The lowest BCUT2D eigenvalue weighted by molar-refractivity contribution is -0.120. The number of hydrogen-bond donors (Lipinski definition) is 1. The van der Waals surface area contributed by atoms with Crippen molar-refractivity contribution in [1.82, 2.24) is 10.3 Å². The number of carbonyl (C=O) groups excluding carboxylic acids is 1. The first-order valence-corrected chi connectivity index (χ1v) is 6.02. The Morgan fingerprint density at radius 2 is 2.24 bits per heavy atom. The molecule has 0 aliphatic rings. The fourth-order valence-corrected chi connectivity index (χ4v) is 1.95. The second-order valence-electron chi connectivity index (χ2n) is 3.47.